The van der Waals surface area contributed by atoms with Crippen molar-refractivity contribution in [2.24, 2.45) is 0 Å². The average Bonchev–Trinajstić information content (AvgIpc) is 2.46. The van der Waals surface area contributed by atoms with Gasteiger partial charge < -0.3 is 5.73 Å². The number of hydrogen-bond acceptors (Lipinski definition) is 2. The molecule has 84 valence electrons. The lowest BCUT2D eigenvalue weighted by molar-refractivity contribution is 0.827. The number of aryl methyl sites for hydroxylation is 3. The Labute approximate surface area is 95.9 Å². The Morgan fingerprint density at radius 3 is 2.31 bits per heavy atom. The molecule has 2 N–H and O–H groups in total. The van der Waals surface area contributed by atoms with Crippen LogP contribution in [0.3, 0.4) is 0 Å². The van der Waals surface area contributed by atoms with Crippen LogP contribution in [0.15, 0.2) is 18.2 Å². The molecule has 0 saturated carbocycles. The van der Waals surface area contributed by atoms with Crippen molar-refractivity contribution in [3.63, 3.8) is 0 Å². The summed E-state index contributed by atoms with van der Waals surface area (Å²) in [6.45, 7) is 8.11. The molecule has 0 aliphatic rings. The summed E-state index contributed by atoms with van der Waals surface area (Å²) in [5.74, 6) is 0. The van der Waals surface area contributed by atoms with Crippen LogP contribution in [0.1, 0.15) is 22.5 Å². The van der Waals surface area contributed by atoms with Crippen molar-refractivity contribution in [1.82, 2.24) is 9.78 Å². The van der Waals surface area contributed by atoms with E-state index in [1.165, 1.54) is 11.1 Å². The molecule has 3 nitrogen and oxygen atoms in total. The molecule has 1 heterocycles. The molecule has 0 amide bonds. The second-order valence-electron chi connectivity index (χ2n) is 4.29. The molecule has 0 spiro atoms. The van der Waals surface area contributed by atoms with Gasteiger partial charge in [0.1, 0.15) is 0 Å². The van der Waals surface area contributed by atoms with Crippen molar-refractivity contribution >= 4 is 5.69 Å². The largest absolute Gasteiger partial charge is 0.396 e. The number of hydrogen-bond donors (Lipinski definition) is 1. The third kappa shape index (κ3) is 1.58. The maximum absolute atomic E-state index is 5.94. The first-order chi connectivity index (χ1) is 7.50. The van der Waals surface area contributed by atoms with E-state index in [0.29, 0.717) is 0 Å². The maximum Gasteiger partial charge on any atom is 0.0830 e. The molecular formula is C13H17N3. The molecule has 0 bridgehead atoms. The number of rotatable bonds is 1. The topological polar surface area (TPSA) is 43.8 Å². The molecule has 16 heavy (non-hydrogen) atoms. The minimum Gasteiger partial charge on any atom is -0.396 e. The van der Waals surface area contributed by atoms with Crippen LogP contribution in [0.25, 0.3) is 5.69 Å². The summed E-state index contributed by atoms with van der Waals surface area (Å²) >= 11 is 0. The molecule has 0 fully saturated rings. The van der Waals surface area contributed by atoms with E-state index in [-0.39, 0.29) is 0 Å². The monoisotopic (exact) mass is 215 g/mol. The molecule has 1 aromatic carbocycles. The summed E-state index contributed by atoms with van der Waals surface area (Å²) in [7, 11) is 0. The molecular weight excluding hydrogens is 198 g/mol. The number of nitrogens with zero attached hydrogens (tertiary/aromatic N) is 2. The second kappa shape index (κ2) is 3.67. The van der Waals surface area contributed by atoms with Gasteiger partial charge in [-0.15, -0.1) is 0 Å². The van der Waals surface area contributed by atoms with E-state index in [0.717, 1.165) is 22.8 Å². The van der Waals surface area contributed by atoms with Gasteiger partial charge in [-0.25, -0.2) is 4.68 Å². The highest BCUT2D eigenvalue weighted by molar-refractivity contribution is 5.52. The zero-order valence-corrected chi connectivity index (χ0v) is 10.2. The fourth-order valence-electron chi connectivity index (χ4n) is 1.93. The highest BCUT2D eigenvalue weighted by atomic mass is 15.3. The summed E-state index contributed by atoms with van der Waals surface area (Å²) in [5, 5.41) is 4.46. The van der Waals surface area contributed by atoms with Crippen molar-refractivity contribution in [3.8, 4) is 5.69 Å². The minimum absolute atomic E-state index is 0.778. The molecule has 2 rings (SSSR count). The first-order valence-corrected chi connectivity index (χ1v) is 5.40. The molecule has 2 aromatic rings. The van der Waals surface area contributed by atoms with E-state index in [1.807, 2.05) is 18.5 Å². The normalized spacial score (nSPS) is 10.8. The lowest BCUT2D eigenvalue weighted by Crippen LogP contribution is -2.02. The number of nitrogen functional groups attached to an aromatic ring is 1. The fourth-order valence-corrected chi connectivity index (χ4v) is 1.93. The predicted molar refractivity (Wildman–Crippen MR) is 66.9 cm³/mol. The Morgan fingerprint density at radius 1 is 1.12 bits per heavy atom. The van der Waals surface area contributed by atoms with Gasteiger partial charge in [0.15, 0.2) is 0 Å². The molecule has 0 saturated heterocycles. The Balaban J connectivity index is 2.63. The zero-order chi connectivity index (χ0) is 11.9. The second-order valence-corrected chi connectivity index (χ2v) is 4.29. The van der Waals surface area contributed by atoms with E-state index >= 15 is 0 Å². The SMILES string of the molecule is Cc1ccc(-n2nc(C)c(N)c2C)c(C)c1. The van der Waals surface area contributed by atoms with Gasteiger partial charge in [0.05, 0.1) is 22.8 Å². The summed E-state index contributed by atoms with van der Waals surface area (Å²) in [6, 6.07) is 6.33. The Morgan fingerprint density at radius 2 is 1.81 bits per heavy atom. The van der Waals surface area contributed by atoms with Crippen LogP contribution in [0.2, 0.25) is 0 Å². The van der Waals surface area contributed by atoms with Crippen LogP contribution in [0, 0.1) is 27.7 Å². The Kier molecular flexibility index (Phi) is 2.46. The van der Waals surface area contributed by atoms with E-state index in [2.05, 4.69) is 37.1 Å². The lowest BCUT2D eigenvalue weighted by Gasteiger charge is -2.08. The maximum atomic E-state index is 5.94. The van der Waals surface area contributed by atoms with Gasteiger partial charge >= 0.3 is 0 Å². The van der Waals surface area contributed by atoms with Crippen molar-refractivity contribution in [2.75, 3.05) is 5.73 Å². The summed E-state index contributed by atoms with van der Waals surface area (Å²) in [6.07, 6.45) is 0. The Hall–Kier alpha value is -1.77. The average molecular weight is 215 g/mol. The molecule has 0 radical (unpaired) electrons. The van der Waals surface area contributed by atoms with Gasteiger partial charge in [-0.2, -0.15) is 5.10 Å². The van der Waals surface area contributed by atoms with Crippen molar-refractivity contribution < 1.29 is 0 Å². The first-order valence-electron chi connectivity index (χ1n) is 5.40. The molecule has 0 atom stereocenters. The van der Waals surface area contributed by atoms with Crippen LogP contribution < -0.4 is 5.73 Å². The zero-order valence-electron chi connectivity index (χ0n) is 10.2. The smallest absolute Gasteiger partial charge is 0.0830 e. The van der Waals surface area contributed by atoms with Gasteiger partial charge in [0, 0.05) is 0 Å². The molecule has 3 heteroatoms. The summed E-state index contributed by atoms with van der Waals surface area (Å²) < 4.78 is 1.92. The minimum atomic E-state index is 0.778. The third-order valence-electron chi connectivity index (χ3n) is 2.93. The van der Waals surface area contributed by atoms with Gasteiger partial charge in [0.2, 0.25) is 0 Å². The van der Waals surface area contributed by atoms with Crippen LogP contribution in [0.4, 0.5) is 5.69 Å². The van der Waals surface area contributed by atoms with E-state index in [1.54, 1.807) is 0 Å². The highest BCUT2D eigenvalue weighted by Gasteiger charge is 2.11. The van der Waals surface area contributed by atoms with Crippen LogP contribution in [0.5, 0.6) is 0 Å². The predicted octanol–water partition coefficient (Wildman–Crippen LogP) is 2.69. The lowest BCUT2D eigenvalue weighted by atomic mass is 10.1. The van der Waals surface area contributed by atoms with Gasteiger partial charge in [0.25, 0.3) is 0 Å². The fraction of sp³-hybridized carbons (Fsp3) is 0.308. The van der Waals surface area contributed by atoms with Gasteiger partial charge in [-0.3, -0.25) is 0 Å². The summed E-state index contributed by atoms with van der Waals surface area (Å²) in [5.41, 5.74) is 12.2. The molecule has 1 aromatic heterocycles. The van der Waals surface area contributed by atoms with E-state index < -0.39 is 0 Å². The van der Waals surface area contributed by atoms with Crippen LogP contribution >= 0.6 is 0 Å². The van der Waals surface area contributed by atoms with Gasteiger partial charge in [-0.1, -0.05) is 17.7 Å². The standard InChI is InChI=1S/C13H17N3/c1-8-5-6-12(9(2)7-8)16-11(4)13(14)10(3)15-16/h5-7H,14H2,1-4H3. The summed E-state index contributed by atoms with van der Waals surface area (Å²) in [4.78, 5) is 0. The highest BCUT2D eigenvalue weighted by Crippen LogP contribution is 2.22. The number of nitrogens with two attached hydrogens (primary N) is 1. The van der Waals surface area contributed by atoms with Crippen molar-refractivity contribution in [1.29, 1.82) is 0 Å². The van der Waals surface area contributed by atoms with Crippen molar-refractivity contribution in [2.45, 2.75) is 27.7 Å². The molecule has 0 aliphatic carbocycles. The van der Waals surface area contributed by atoms with Gasteiger partial charge in [-0.05, 0) is 39.3 Å². The Bertz CT molecular complexity index is 538. The quantitative estimate of drug-likeness (QED) is 0.794. The van der Waals surface area contributed by atoms with Crippen LogP contribution in [-0.2, 0) is 0 Å². The number of anilines is 1. The van der Waals surface area contributed by atoms with E-state index in [9.17, 15) is 0 Å². The van der Waals surface area contributed by atoms with Crippen LogP contribution in [-0.4, -0.2) is 9.78 Å². The van der Waals surface area contributed by atoms with E-state index in [4.69, 9.17) is 5.73 Å². The number of aromatic nitrogens is 2. The molecule has 0 aliphatic heterocycles. The number of benzene rings is 1. The molecule has 0 unspecified atom stereocenters. The third-order valence-corrected chi connectivity index (χ3v) is 2.93. The van der Waals surface area contributed by atoms with Crippen molar-refractivity contribution in [3.05, 3.63) is 40.7 Å². The first kappa shape index (κ1) is 10.7.